The lowest BCUT2D eigenvalue weighted by Crippen LogP contribution is -2.53. The summed E-state index contributed by atoms with van der Waals surface area (Å²) in [6, 6.07) is 13.2. The van der Waals surface area contributed by atoms with Gasteiger partial charge in [-0.2, -0.15) is 0 Å². The molecule has 174 valence electrons. The van der Waals surface area contributed by atoms with Gasteiger partial charge in [0.15, 0.2) is 0 Å². The molecule has 0 fully saturated rings. The lowest BCUT2D eigenvalue weighted by atomic mass is 10.1. The summed E-state index contributed by atoms with van der Waals surface area (Å²) < 4.78 is 18.5. The molecule has 0 aromatic heterocycles. The molecule has 0 saturated carbocycles. The molecule has 0 aliphatic carbocycles. The monoisotopic (exact) mass is 460 g/mol. The van der Waals surface area contributed by atoms with Crippen LogP contribution in [0.4, 0.5) is 4.39 Å². The molecule has 2 amide bonds. The molecule has 32 heavy (non-hydrogen) atoms. The lowest BCUT2D eigenvalue weighted by molar-refractivity contribution is -0.140. The van der Waals surface area contributed by atoms with Crippen molar-refractivity contribution in [3.8, 4) is 5.75 Å². The minimum atomic E-state index is -0.603. The van der Waals surface area contributed by atoms with Crippen LogP contribution in [-0.2, 0) is 21.9 Å². The molecule has 2 aromatic rings. The fourth-order valence-corrected chi connectivity index (χ4v) is 4.09. The van der Waals surface area contributed by atoms with E-state index >= 15 is 0 Å². The predicted molar refractivity (Wildman–Crippen MR) is 128 cm³/mol. The van der Waals surface area contributed by atoms with Crippen LogP contribution in [0.5, 0.6) is 5.75 Å². The van der Waals surface area contributed by atoms with Gasteiger partial charge in [0.2, 0.25) is 11.8 Å². The second-order valence-corrected chi connectivity index (χ2v) is 9.64. The summed E-state index contributed by atoms with van der Waals surface area (Å²) in [5.74, 6) is 1.06. The van der Waals surface area contributed by atoms with Crippen LogP contribution in [0.1, 0.15) is 45.2 Å². The molecule has 7 heteroatoms. The number of nitrogens with one attached hydrogen (secondary N) is 1. The average molecular weight is 461 g/mol. The van der Waals surface area contributed by atoms with Gasteiger partial charge in [0.05, 0.1) is 12.9 Å². The van der Waals surface area contributed by atoms with Crippen LogP contribution in [0.3, 0.4) is 0 Å². The molecule has 1 N–H and O–H groups in total. The van der Waals surface area contributed by atoms with Gasteiger partial charge in [0.25, 0.3) is 0 Å². The summed E-state index contributed by atoms with van der Waals surface area (Å²) in [5.41, 5.74) is 1.46. The number of nitrogens with zero attached hydrogens (tertiary/aromatic N) is 1. The third-order valence-electron chi connectivity index (χ3n) is 4.80. The van der Waals surface area contributed by atoms with Crippen molar-refractivity contribution in [2.45, 2.75) is 58.0 Å². The van der Waals surface area contributed by atoms with Crippen molar-refractivity contribution < 1.29 is 18.7 Å². The highest BCUT2D eigenvalue weighted by molar-refractivity contribution is 7.99. The fraction of sp³-hybridized carbons (Fsp3) is 0.440. The van der Waals surface area contributed by atoms with Gasteiger partial charge in [0, 0.05) is 17.8 Å². The number of hydrogen-bond acceptors (Lipinski definition) is 4. The van der Waals surface area contributed by atoms with Crippen molar-refractivity contribution in [2.75, 3.05) is 12.9 Å². The number of amides is 2. The molecule has 0 aliphatic rings. The molecule has 2 aromatic carbocycles. The van der Waals surface area contributed by atoms with Gasteiger partial charge >= 0.3 is 0 Å². The van der Waals surface area contributed by atoms with E-state index < -0.39 is 11.6 Å². The van der Waals surface area contributed by atoms with Gasteiger partial charge < -0.3 is 15.0 Å². The number of rotatable bonds is 10. The SMILES string of the molecule is CCC(C(=O)NC(C)(C)C)N(Cc1ccc(F)cc1)C(=O)CSCc1ccc(OC)cc1. The number of halogens is 1. The van der Waals surface area contributed by atoms with Crippen molar-refractivity contribution in [2.24, 2.45) is 0 Å². The molecule has 0 aliphatic heterocycles. The van der Waals surface area contributed by atoms with Crippen LogP contribution >= 0.6 is 11.8 Å². The first-order valence-corrected chi connectivity index (χ1v) is 11.8. The highest BCUT2D eigenvalue weighted by atomic mass is 32.2. The molecule has 1 unspecified atom stereocenters. The zero-order valence-corrected chi connectivity index (χ0v) is 20.3. The zero-order chi connectivity index (χ0) is 23.7. The summed E-state index contributed by atoms with van der Waals surface area (Å²) in [7, 11) is 1.62. The van der Waals surface area contributed by atoms with Gasteiger partial charge in [-0.15, -0.1) is 11.8 Å². The largest absolute Gasteiger partial charge is 0.497 e. The first kappa shape index (κ1) is 25.7. The van der Waals surface area contributed by atoms with Crippen LogP contribution in [0, 0.1) is 5.82 Å². The summed E-state index contributed by atoms with van der Waals surface area (Å²) in [4.78, 5) is 27.8. The molecule has 0 saturated heterocycles. The summed E-state index contributed by atoms with van der Waals surface area (Å²) in [6.07, 6.45) is 0.484. The maximum atomic E-state index is 13.3. The highest BCUT2D eigenvalue weighted by Gasteiger charge is 2.30. The maximum absolute atomic E-state index is 13.3. The number of thioether (sulfide) groups is 1. The van der Waals surface area contributed by atoms with Gasteiger partial charge in [-0.1, -0.05) is 31.2 Å². The Morgan fingerprint density at radius 2 is 1.66 bits per heavy atom. The molecule has 5 nitrogen and oxygen atoms in total. The minimum absolute atomic E-state index is 0.122. The Morgan fingerprint density at radius 1 is 1.06 bits per heavy atom. The van der Waals surface area contributed by atoms with Crippen LogP contribution in [0.25, 0.3) is 0 Å². The van der Waals surface area contributed by atoms with E-state index in [1.807, 2.05) is 52.0 Å². The molecular weight excluding hydrogens is 427 g/mol. The van der Waals surface area contributed by atoms with E-state index in [1.165, 1.54) is 23.9 Å². The third kappa shape index (κ3) is 8.19. The van der Waals surface area contributed by atoms with Gasteiger partial charge in [-0.3, -0.25) is 9.59 Å². The van der Waals surface area contributed by atoms with E-state index in [2.05, 4.69) is 5.32 Å². The van der Waals surface area contributed by atoms with Crippen LogP contribution in [-0.4, -0.2) is 41.2 Å². The number of carbonyl (C=O) groups excluding carboxylic acids is 2. The average Bonchev–Trinajstić information content (AvgIpc) is 2.74. The van der Waals surface area contributed by atoms with Crippen molar-refractivity contribution in [3.63, 3.8) is 0 Å². The Hall–Kier alpha value is -2.54. The Kier molecular flexibility index (Phi) is 9.57. The van der Waals surface area contributed by atoms with E-state index in [4.69, 9.17) is 4.74 Å². The highest BCUT2D eigenvalue weighted by Crippen LogP contribution is 2.19. The van der Waals surface area contributed by atoms with Crippen LogP contribution < -0.4 is 10.1 Å². The second-order valence-electron chi connectivity index (χ2n) is 8.65. The number of methoxy groups -OCH3 is 1. The standard InChI is InChI=1S/C25H33FN2O3S/c1-6-22(24(30)27-25(2,3)4)28(15-18-7-11-20(26)12-8-18)23(29)17-32-16-19-9-13-21(31-5)14-10-19/h7-14,22H,6,15-17H2,1-5H3,(H,27,30). The predicted octanol–water partition coefficient (Wildman–Crippen LogP) is 4.79. The molecule has 2 rings (SSSR count). The molecule has 0 radical (unpaired) electrons. The van der Waals surface area contributed by atoms with Crippen LogP contribution in [0.15, 0.2) is 48.5 Å². The number of hydrogen-bond donors (Lipinski definition) is 1. The maximum Gasteiger partial charge on any atom is 0.243 e. The molecule has 0 bridgehead atoms. The van der Waals surface area contributed by atoms with Gasteiger partial charge in [-0.25, -0.2) is 4.39 Å². The van der Waals surface area contributed by atoms with E-state index in [0.717, 1.165) is 16.9 Å². The van der Waals surface area contributed by atoms with Crippen molar-refractivity contribution >= 4 is 23.6 Å². The summed E-state index contributed by atoms with van der Waals surface area (Å²) in [5, 5.41) is 2.98. The van der Waals surface area contributed by atoms with Crippen molar-refractivity contribution in [1.82, 2.24) is 10.2 Å². The second kappa shape index (κ2) is 11.9. The fourth-order valence-electron chi connectivity index (χ4n) is 3.22. The van der Waals surface area contributed by atoms with Gasteiger partial charge in [0.1, 0.15) is 17.6 Å². The topological polar surface area (TPSA) is 58.6 Å². The Balaban J connectivity index is 2.12. The molecule has 0 spiro atoms. The molecule has 0 heterocycles. The number of ether oxygens (including phenoxy) is 1. The lowest BCUT2D eigenvalue weighted by Gasteiger charge is -2.33. The smallest absolute Gasteiger partial charge is 0.243 e. The van der Waals surface area contributed by atoms with E-state index in [0.29, 0.717) is 12.2 Å². The van der Waals surface area contributed by atoms with E-state index in [1.54, 1.807) is 24.1 Å². The van der Waals surface area contributed by atoms with Crippen molar-refractivity contribution in [1.29, 1.82) is 0 Å². The Morgan fingerprint density at radius 3 is 2.19 bits per heavy atom. The normalized spacial score (nSPS) is 12.2. The zero-order valence-electron chi connectivity index (χ0n) is 19.5. The summed E-state index contributed by atoms with van der Waals surface area (Å²) in [6.45, 7) is 7.87. The Bertz CT molecular complexity index is 880. The van der Waals surface area contributed by atoms with E-state index in [9.17, 15) is 14.0 Å². The number of benzene rings is 2. The van der Waals surface area contributed by atoms with Crippen molar-refractivity contribution in [3.05, 3.63) is 65.5 Å². The first-order chi connectivity index (χ1) is 15.1. The van der Waals surface area contributed by atoms with Gasteiger partial charge in [-0.05, 0) is 62.6 Å². The number of carbonyl (C=O) groups is 2. The van der Waals surface area contributed by atoms with Crippen LogP contribution in [0.2, 0.25) is 0 Å². The van der Waals surface area contributed by atoms with E-state index in [-0.39, 0.29) is 29.9 Å². The molecule has 1 atom stereocenters. The minimum Gasteiger partial charge on any atom is -0.497 e. The first-order valence-electron chi connectivity index (χ1n) is 10.7. The quantitative estimate of drug-likeness (QED) is 0.554. The third-order valence-corrected chi connectivity index (χ3v) is 5.79. The molecular formula is C25H33FN2O3S. The summed E-state index contributed by atoms with van der Waals surface area (Å²) >= 11 is 1.50. The Labute approximate surface area is 194 Å².